The zero-order valence-corrected chi connectivity index (χ0v) is 22.0. The van der Waals surface area contributed by atoms with Crippen LogP contribution in [0.4, 0.5) is 0 Å². The predicted molar refractivity (Wildman–Crippen MR) is 147 cm³/mol. The molecule has 0 amide bonds. The van der Waals surface area contributed by atoms with Crippen molar-refractivity contribution in [2.45, 2.75) is 6.92 Å². The Labute approximate surface area is 225 Å². The molecule has 2 N–H and O–H groups in total. The van der Waals surface area contributed by atoms with Crippen LogP contribution >= 0.6 is 11.6 Å². The smallest absolute Gasteiger partial charge is 0.328 e. The average Bonchev–Trinajstić information content (AvgIpc) is 3.27. The van der Waals surface area contributed by atoms with E-state index in [0.717, 1.165) is 40.3 Å². The van der Waals surface area contributed by atoms with E-state index in [1.165, 1.54) is 0 Å². The summed E-state index contributed by atoms with van der Waals surface area (Å²) >= 11 is 6.06. The van der Waals surface area contributed by atoms with Gasteiger partial charge < -0.3 is 19.8 Å². The summed E-state index contributed by atoms with van der Waals surface area (Å²) in [7, 11) is 4.15. The van der Waals surface area contributed by atoms with E-state index < -0.39 is 11.9 Å². The second-order valence-electron chi connectivity index (χ2n) is 8.83. The number of benzene rings is 2. The minimum absolute atomic E-state index is 0.437. The zero-order chi connectivity index (χ0) is 27.7. The molecule has 0 spiro atoms. The first kappa shape index (κ1) is 28.4. The molecule has 0 aliphatic rings. The molecular weight excluding hydrogens is 508 g/mol. The fourth-order valence-electron chi connectivity index (χ4n) is 3.71. The number of carboxylic acid groups (broad SMARTS) is 2. The molecule has 198 valence electrons. The summed E-state index contributed by atoms with van der Waals surface area (Å²) in [5, 5.41) is 22.2. The summed E-state index contributed by atoms with van der Waals surface area (Å²) in [6, 6.07) is 19.7. The average molecular weight is 537 g/mol. The van der Waals surface area contributed by atoms with Crippen molar-refractivity contribution in [3.05, 3.63) is 84.0 Å². The Morgan fingerprint density at radius 1 is 1.05 bits per heavy atom. The number of pyridine rings is 1. The lowest BCUT2D eigenvalue weighted by atomic mass is 10.1. The Morgan fingerprint density at radius 2 is 1.74 bits per heavy atom. The van der Waals surface area contributed by atoms with Crippen molar-refractivity contribution < 1.29 is 24.5 Å². The highest BCUT2D eigenvalue weighted by molar-refractivity contribution is 6.30. The number of nitrogens with zero attached hydrogens (tertiary/aromatic N) is 4. The van der Waals surface area contributed by atoms with E-state index in [9.17, 15) is 9.59 Å². The standard InChI is InChI=1S/C24H25ClN4O.C4H4O4/c1-17(15-28(2)3)16-30-21-7-4-6-20(14-21)29-24-22(8-5-13-26-24)23(27-29)18-9-11-19(25)12-10-18;5-3(6)1-2-4(7)8/h4-14,17H,15-16H2,1-3H3;1-2H,(H,5,6)(H,7,8)/b;2-1-. The topological polar surface area (TPSA) is 118 Å². The first-order valence-electron chi connectivity index (χ1n) is 11.8. The molecule has 0 radical (unpaired) electrons. The molecule has 2 heterocycles. The number of fused-ring (bicyclic) bond motifs is 1. The number of halogens is 1. The lowest BCUT2D eigenvalue weighted by Crippen LogP contribution is -2.24. The fraction of sp³-hybridized carbons (Fsp3) is 0.214. The third-order valence-corrected chi connectivity index (χ3v) is 5.45. The maximum Gasteiger partial charge on any atom is 0.328 e. The Bertz CT molecular complexity index is 1400. The second-order valence-corrected chi connectivity index (χ2v) is 9.26. The molecule has 0 bridgehead atoms. The van der Waals surface area contributed by atoms with E-state index in [4.69, 9.17) is 31.6 Å². The van der Waals surface area contributed by atoms with Crippen LogP contribution in [0.5, 0.6) is 5.75 Å². The van der Waals surface area contributed by atoms with Crippen LogP contribution in [-0.4, -0.2) is 69.1 Å². The van der Waals surface area contributed by atoms with E-state index in [2.05, 4.69) is 30.9 Å². The van der Waals surface area contributed by atoms with Gasteiger partial charge in [0.25, 0.3) is 0 Å². The van der Waals surface area contributed by atoms with Gasteiger partial charge in [-0.05, 0) is 50.5 Å². The summed E-state index contributed by atoms with van der Waals surface area (Å²) in [6.07, 6.45) is 2.90. The molecule has 0 saturated carbocycles. The molecule has 1 atom stereocenters. The van der Waals surface area contributed by atoms with Gasteiger partial charge in [-0.15, -0.1) is 0 Å². The molecule has 4 rings (SSSR count). The molecule has 38 heavy (non-hydrogen) atoms. The third kappa shape index (κ3) is 8.16. The Hall–Kier alpha value is -4.21. The monoisotopic (exact) mass is 536 g/mol. The van der Waals surface area contributed by atoms with Crippen LogP contribution in [0, 0.1) is 5.92 Å². The van der Waals surface area contributed by atoms with Gasteiger partial charge in [0, 0.05) is 52.9 Å². The summed E-state index contributed by atoms with van der Waals surface area (Å²) in [5.41, 5.74) is 3.60. The van der Waals surface area contributed by atoms with Crippen molar-refractivity contribution in [2.75, 3.05) is 27.2 Å². The molecule has 0 fully saturated rings. The van der Waals surface area contributed by atoms with Crippen LogP contribution in [0.25, 0.3) is 28.0 Å². The molecule has 1 unspecified atom stereocenters. The fourth-order valence-corrected chi connectivity index (χ4v) is 3.84. The Balaban J connectivity index is 0.000000436. The normalized spacial score (nSPS) is 11.8. The number of hydrogen-bond donors (Lipinski definition) is 2. The van der Waals surface area contributed by atoms with Crippen molar-refractivity contribution in [1.29, 1.82) is 0 Å². The van der Waals surface area contributed by atoms with Crippen LogP contribution in [0.1, 0.15) is 6.92 Å². The third-order valence-electron chi connectivity index (χ3n) is 5.20. The Morgan fingerprint density at radius 3 is 2.37 bits per heavy atom. The van der Waals surface area contributed by atoms with Gasteiger partial charge in [-0.1, -0.05) is 36.7 Å². The van der Waals surface area contributed by atoms with E-state index in [1.54, 1.807) is 6.20 Å². The maximum atomic E-state index is 9.55. The highest BCUT2D eigenvalue weighted by atomic mass is 35.5. The number of aromatic nitrogens is 3. The minimum atomic E-state index is -1.26. The predicted octanol–water partition coefficient (Wildman–Crippen LogP) is 5.03. The van der Waals surface area contributed by atoms with Crippen molar-refractivity contribution in [1.82, 2.24) is 19.7 Å². The van der Waals surface area contributed by atoms with Crippen LogP contribution in [0.2, 0.25) is 5.02 Å². The highest BCUT2D eigenvalue weighted by Crippen LogP contribution is 2.30. The first-order valence-corrected chi connectivity index (χ1v) is 12.1. The molecule has 0 saturated heterocycles. The van der Waals surface area contributed by atoms with Gasteiger partial charge in [-0.25, -0.2) is 19.3 Å². The molecule has 0 aliphatic carbocycles. The summed E-state index contributed by atoms with van der Waals surface area (Å²) < 4.78 is 7.92. The molecule has 0 aliphatic heterocycles. The summed E-state index contributed by atoms with van der Waals surface area (Å²) in [5.74, 6) is -1.25. The largest absolute Gasteiger partial charge is 0.493 e. The van der Waals surface area contributed by atoms with E-state index >= 15 is 0 Å². The Kier molecular flexibility index (Phi) is 9.98. The SMILES string of the molecule is CC(COc1cccc(-n2nc(-c3ccc(Cl)cc3)c3cccnc32)c1)CN(C)C.O=C(O)/C=C\C(=O)O. The number of hydrogen-bond acceptors (Lipinski definition) is 6. The number of ether oxygens (including phenoxy) is 1. The number of aliphatic carboxylic acids is 2. The number of carbonyl (C=O) groups is 2. The van der Waals surface area contributed by atoms with Crippen molar-refractivity contribution in [3.8, 4) is 22.7 Å². The van der Waals surface area contributed by atoms with Gasteiger partial charge in [0.2, 0.25) is 0 Å². The van der Waals surface area contributed by atoms with Crippen molar-refractivity contribution >= 4 is 34.6 Å². The van der Waals surface area contributed by atoms with Crippen LogP contribution in [0.3, 0.4) is 0 Å². The van der Waals surface area contributed by atoms with Crippen molar-refractivity contribution in [2.24, 2.45) is 5.92 Å². The van der Waals surface area contributed by atoms with Crippen molar-refractivity contribution in [3.63, 3.8) is 0 Å². The van der Waals surface area contributed by atoms with Gasteiger partial charge in [0.05, 0.1) is 12.3 Å². The van der Waals surface area contributed by atoms with Gasteiger partial charge in [0.1, 0.15) is 11.4 Å². The highest BCUT2D eigenvalue weighted by Gasteiger charge is 2.15. The lowest BCUT2D eigenvalue weighted by molar-refractivity contribution is -0.134. The summed E-state index contributed by atoms with van der Waals surface area (Å²) in [6.45, 7) is 3.83. The number of rotatable bonds is 9. The van der Waals surface area contributed by atoms with Crippen LogP contribution in [-0.2, 0) is 9.59 Å². The molecule has 9 nitrogen and oxygen atoms in total. The summed E-state index contributed by atoms with van der Waals surface area (Å²) in [4.78, 5) is 25.9. The second kappa shape index (κ2) is 13.4. The number of carboxylic acids is 2. The molecular formula is C28H29ClN4O5. The first-order chi connectivity index (χ1) is 18.1. The van der Waals surface area contributed by atoms with E-state index in [-0.39, 0.29) is 0 Å². The van der Waals surface area contributed by atoms with Crippen LogP contribution < -0.4 is 4.74 Å². The minimum Gasteiger partial charge on any atom is -0.493 e. The van der Waals surface area contributed by atoms with Crippen LogP contribution in [0.15, 0.2) is 79.0 Å². The van der Waals surface area contributed by atoms with Gasteiger partial charge in [0.15, 0.2) is 5.65 Å². The zero-order valence-electron chi connectivity index (χ0n) is 21.3. The quantitative estimate of drug-likeness (QED) is 0.286. The molecule has 2 aromatic heterocycles. The van der Waals surface area contributed by atoms with E-state index in [1.807, 2.05) is 65.3 Å². The molecule has 4 aromatic rings. The maximum absolute atomic E-state index is 9.55. The van der Waals surface area contributed by atoms with Gasteiger partial charge in [-0.2, -0.15) is 5.10 Å². The van der Waals surface area contributed by atoms with Gasteiger partial charge in [-0.3, -0.25) is 0 Å². The van der Waals surface area contributed by atoms with E-state index in [0.29, 0.717) is 29.7 Å². The molecule has 2 aromatic carbocycles. The molecule has 10 heteroatoms. The lowest BCUT2D eigenvalue weighted by Gasteiger charge is -2.17. The van der Waals surface area contributed by atoms with Gasteiger partial charge >= 0.3 is 11.9 Å².